The number of carbonyl (C=O) groups is 1. The molecule has 20 heavy (non-hydrogen) atoms. The molecular weight excluding hydrogens is 276 g/mol. The van der Waals surface area contributed by atoms with Gasteiger partial charge in [-0.25, -0.2) is 8.42 Å². The Bertz CT molecular complexity index is 712. The van der Waals surface area contributed by atoms with E-state index in [0.29, 0.717) is 16.9 Å². The van der Waals surface area contributed by atoms with Crippen molar-refractivity contribution in [1.29, 1.82) is 0 Å². The van der Waals surface area contributed by atoms with Gasteiger partial charge in [0.1, 0.15) is 0 Å². The van der Waals surface area contributed by atoms with Crippen LogP contribution in [-0.4, -0.2) is 20.6 Å². The maximum atomic E-state index is 12.0. The molecule has 0 fully saturated rings. The third-order valence-electron chi connectivity index (χ3n) is 2.46. The number of hydrogen-bond acceptors (Lipinski definition) is 3. The first-order chi connectivity index (χ1) is 9.44. The number of rotatable bonds is 4. The van der Waals surface area contributed by atoms with Crippen LogP contribution in [0.1, 0.15) is 10.4 Å². The number of benzene rings is 2. The summed E-state index contributed by atoms with van der Waals surface area (Å²) < 4.78 is 24.7. The Morgan fingerprint density at radius 2 is 1.60 bits per heavy atom. The number of hydrogen-bond donors (Lipinski definition) is 2. The van der Waals surface area contributed by atoms with Crippen molar-refractivity contribution in [3.8, 4) is 0 Å². The smallest absolute Gasteiger partial charge is 0.255 e. The summed E-state index contributed by atoms with van der Waals surface area (Å²) in [4.78, 5) is 12.0. The molecule has 2 aromatic carbocycles. The van der Waals surface area contributed by atoms with Crippen LogP contribution in [-0.2, 0) is 10.0 Å². The molecule has 0 spiro atoms. The van der Waals surface area contributed by atoms with Crippen LogP contribution in [0.5, 0.6) is 0 Å². The van der Waals surface area contributed by atoms with Crippen molar-refractivity contribution in [3.05, 3.63) is 60.2 Å². The third kappa shape index (κ3) is 4.10. The molecule has 2 rings (SSSR count). The van der Waals surface area contributed by atoms with E-state index in [4.69, 9.17) is 0 Å². The van der Waals surface area contributed by atoms with Crippen molar-refractivity contribution >= 4 is 27.3 Å². The minimum Gasteiger partial charge on any atom is -0.322 e. The van der Waals surface area contributed by atoms with Crippen LogP contribution in [0.15, 0.2) is 54.6 Å². The molecule has 0 saturated heterocycles. The first-order valence-corrected chi connectivity index (χ1v) is 7.77. The van der Waals surface area contributed by atoms with E-state index in [1.807, 2.05) is 6.07 Å². The molecule has 0 aliphatic rings. The van der Waals surface area contributed by atoms with Gasteiger partial charge < -0.3 is 5.32 Å². The highest BCUT2D eigenvalue weighted by Gasteiger charge is 2.06. The fourth-order valence-electron chi connectivity index (χ4n) is 1.67. The zero-order chi connectivity index (χ0) is 14.6. The molecule has 0 radical (unpaired) electrons. The SMILES string of the molecule is CS(=O)(=O)Nc1cccc(NC(=O)c2ccccc2)c1. The molecule has 5 nitrogen and oxygen atoms in total. The fraction of sp³-hybridized carbons (Fsp3) is 0.0714. The molecule has 0 aliphatic carbocycles. The topological polar surface area (TPSA) is 75.3 Å². The highest BCUT2D eigenvalue weighted by molar-refractivity contribution is 7.92. The Hall–Kier alpha value is -2.34. The first-order valence-electron chi connectivity index (χ1n) is 5.88. The maximum absolute atomic E-state index is 12.0. The van der Waals surface area contributed by atoms with Gasteiger partial charge >= 0.3 is 0 Å². The molecule has 0 aliphatic heterocycles. The van der Waals surface area contributed by atoms with Crippen LogP contribution >= 0.6 is 0 Å². The Kier molecular flexibility index (Phi) is 4.05. The second-order valence-corrected chi connectivity index (χ2v) is 6.02. The predicted octanol–water partition coefficient (Wildman–Crippen LogP) is 2.31. The molecule has 2 aromatic rings. The van der Waals surface area contributed by atoms with Crippen molar-refractivity contribution in [2.24, 2.45) is 0 Å². The van der Waals surface area contributed by atoms with Gasteiger partial charge in [-0.1, -0.05) is 24.3 Å². The van der Waals surface area contributed by atoms with Gasteiger partial charge in [0, 0.05) is 11.3 Å². The fourth-order valence-corrected chi connectivity index (χ4v) is 2.22. The van der Waals surface area contributed by atoms with Gasteiger partial charge in [-0.2, -0.15) is 0 Å². The maximum Gasteiger partial charge on any atom is 0.255 e. The number of amides is 1. The van der Waals surface area contributed by atoms with E-state index >= 15 is 0 Å². The van der Waals surface area contributed by atoms with Crippen molar-refractivity contribution in [2.75, 3.05) is 16.3 Å². The van der Waals surface area contributed by atoms with E-state index in [1.165, 1.54) is 0 Å². The van der Waals surface area contributed by atoms with Crippen LogP contribution in [0.25, 0.3) is 0 Å². The number of nitrogens with one attached hydrogen (secondary N) is 2. The monoisotopic (exact) mass is 290 g/mol. The number of carbonyl (C=O) groups excluding carboxylic acids is 1. The molecular formula is C14H14N2O3S. The molecule has 0 atom stereocenters. The van der Waals surface area contributed by atoms with Crippen LogP contribution in [0.2, 0.25) is 0 Å². The summed E-state index contributed by atoms with van der Waals surface area (Å²) in [7, 11) is -3.34. The summed E-state index contributed by atoms with van der Waals surface area (Å²) in [5.74, 6) is -0.248. The summed E-state index contributed by atoms with van der Waals surface area (Å²) in [5, 5.41) is 2.71. The van der Waals surface area contributed by atoms with Gasteiger partial charge in [0.15, 0.2) is 0 Å². The van der Waals surface area contributed by atoms with Crippen LogP contribution < -0.4 is 10.0 Å². The van der Waals surface area contributed by atoms with E-state index in [2.05, 4.69) is 10.0 Å². The summed E-state index contributed by atoms with van der Waals surface area (Å²) in [6, 6.07) is 15.3. The summed E-state index contributed by atoms with van der Waals surface area (Å²) in [6.07, 6.45) is 1.07. The summed E-state index contributed by atoms with van der Waals surface area (Å²) in [5.41, 5.74) is 1.46. The van der Waals surface area contributed by atoms with Gasteiger partial charge in [0.25, 0.3) is 5.91 Å². The first kappa shape index (κ1) is 14.1. The number of anilines is 2. The Balaban J connectivity index is 2.14. The molecule has 0 bridgehead atoms. The molecule has 104 valence electrons. The minimum absolute atomic E-state index is 0.248. The summed E-state index contributed by atoms with van der Waals surface area (Å²) >= 11 is 0. The zero-order valence-electron chi connectivity index (χ0n) is 10.8. The van der Waals surface area contributed by atoms with Gasteiger partial charge in [0.05, 0.1) is 11.9 Å². The average molecular weight is 290 g/mol. The Morgan fingerprint density at radius 3 is 2.25 bits per heavy atom. The van der Waals surface area contributed by atoms with Crippen LogP contribution in [0.3, 0.4) is 0 Å². The Labute approximate surface area is 117 Å². The summed E-state index contributed by atoms with van der Waals surface area (Å²) in [6.45, 7) is 0. The second kappa shape index (κ2) is 5.75. The standard InChI is InChI=1S/C14H14N2O3S/c1-20(18,19)16-13-9-5-8-12(10-13)15-14(17)11-6-3-2-4-7-11/h2-10,16H,1H3,(H,15,17). The van der Waals surface area contributed by atoms with Crippen molar-refractivity contribution in [1.82, 2.24) is 0 Å². The van der Waals surface area contributed by atoms with Crippen molar-refractivity contribution in [2.45, 2.75) is 0 Å². The third-order valence-corrected chi connectivity index (χ3v) is 3.07. The second-order valence-electron chi connectivity index (χ2n) is 4.28. The average Bonchev–Trinajstić information content (AvgIpc) is 2.38. The van der Waals surface area contributed by atoms with Gasteiger partial charge in [-0.3, -0.25) is 9.52 Å². The van der Waals surface area contributed by atoms with E-state index < -0.39 is 10.0 Å². The van der Waals surface area contributed by atoms with E-state index in [0.717, 1.165) is 6.26 Å². The zero-order valence-corrected chi connectivity index (χ0v) is 11.6. The highest BCUT2D eigenvalue weighted by Crippen LogP contribution is 2.16. The molecule has 1 amide bonds. The lowest BCUT2D eigenvalue weighted by Crippen LogP contribution is -2.13. The van der Waals surface area contributed by atoms with E-state index in [1.54, 1.807) is 48.5 Å². The lowest BCUT2D eigenvalue weighted by Gasteiger charge is -2.08. The molecule has 0 saturated carbocycles. The normalized spacial score (nSPS) is 10.8. The molecule has 0 heterocycles. The van der Waals surface area contributed by atoms with Gasteiger partial charge in [-0.15, -0.1) is 0 Å². The predicted molar refractivity (Wildman–Crippen MR) is 79.3 cm³/mol. The quantitative estimate of drug-likeness (QED) is 0.907. The molecule has 0 aromatic heterocycles. The van der Waals surface area contributed by atoms with Crippen molar-refractivity contribution in [3.63, 3.8) is 0 Å². The van der Waals surface area contributed by atoms with E-state index in [9.17, 15) is 13.2 Å². The van der Waals surface area contributed by atoms with E-state index in [-0.39, 0.29) is 5.91 Å². The Morgan fingerprint density at radius 1 is 0.950 bits per heavy atom. The lowest BCUT2D eigenvalue weighted by atomic mass is 10.2. The van der Waals surface area contributed by atoms with Crippen LogP contribution in [0, 0.1) is 0 Å². The largest absolute Gasteiger partial charge is 0.322 e. The molecule has 6 heteroatoms. The van der Waals surface area contributed by atoms with Crippen LogP contribution in [0.4, 0.5) is 11.4 Å². The lowest BCUT2D eigenvalue weighted by molar-refractivity contribution is 0.102. The molecule has 0 unspecified atom stereocenters. The minimum atomic E-state index is -3.34. The number of sulfonamides is 1. The van der Waals surface area contributed by atoms with Gasteiger partial charge in [0.2, 0.25) is 10.0 Å². The highest BCUT2D eigenvalue weighted by atomic mass is 32.2. The molecule has 2 N–H and O–H groups in total. The van der Waals surface area contributed by atoms with Crippen molar-refractivity contribution < 1.29 is 13.2 Å². The van der Waals surface area contributed by atoms with Gasteiger partial charge in [-0.05, 0) is 30.3 Å².